The van der Waals surface area contributed by atoms with Gasteiger partial charge in [0.2, 0.25) is 5.75 Å². The number of nitrogens with zero attached hydrogens (tertiary/aromatic N) is 1. The highest BCUT2D eigenvalue weighted by Crippen LogP contribution is 1.97. The molecule has 0 radical (unpaired) electrons. The van der Waals surface area contributed by atoms with Crippen LogP contribution in [0.4, 0.5) is 4.79 Å². The fourth-order valence-corrected chi connectivity index (χ4v) is 0.535. The lowest BCUT2D eigenvalue weighted by Gasteiger charge is -1.98. The first kappa shape index (κ1) is 8.25. The van der Waals surface area contributed by atoms with Gasteiger partial charge in [0.1, 0.15) is 0 Å². The fourth-order valence-electron chi connectivity index (χ4n) is 0.535. The number of aromatic amines is 1. The van der Waals surface area contributed by atoms with Crippen LogP contribution in [0.5, 0.6) is 5.75 Å². The molecule has 0 spiro atoms. The molecule has 0 aromatic carbocycles. The molecule has 1 aromatic heterocycles. The Labute approximate surface area is 67.2 Å². The van der Waals surface area contributed by atoms with E-state index in [4.69, 9.17) is 0 Å². The van der Waals surface area contributed by atoms with E-state index < -0.39 is 11.7 Å². The molecule has 0 amide bonds. The Balaban J connectivity index is 2.83. The van der Waals surface area contributed by atoms with Gasteiger partial charge >= 0.3 is 6.16 Å². The second kappa shape index (κ2) is 3.51. The van der Waals surface area contributed by atoms with Crippen molar-refractivity contribution in [2.75, 3.05) is 7.11 Å². The molecule has 0 aliphatic rings. The maximum Gasteiger partial charge on any atom is 0.513 e. The summed E-state index contributed by atoms with van der Waals surface area (Å²) in [6.07, 6.45) is 1.36. The summed E-state index contributed by atoms with van der Waals surface area (Å²) in [5, 5.41) is 0. The van der Waals surface area contributed by atoms with Gasteiger partial charge in [-0.25, -0.2) is 9.78 Å². The molecule has 64 valence electrons. The summed E-state index contributed by atoms with van der Waals surface area (Å²) in [7, 11) is 1.15. The van der Waals surface area contributed by atoms with Gasteiger partial charge in [0.05, 0.1) is 19.6 Å². The van der Waals surface area contributed by atoms with Crippen LogP contribution in [-0.4, -0.2) is 23.2 Å². The van der Waals surface area contributed by atoms with Gasteiger partial charge in [0.15, 0.2) is 0 Å². The van der Waals surface area contributed by atoms with E-state index in [1.807, 2.05) is 0 Å². The highest BCUT2D eigenvalue weighted by Gasteiger charge is 2.06. The molecule has 0 unspecified atom stereocenters. The number of ether oxygens (including phenoxy) is 2. The summed E-state index contributed by atoms with van der Waals surface area (Å²) in [5.41, 5.74) is -0.532. The molecule has 1 rings (SSSR count). The number of hydrogen-bond donors (Lipinski definition) is 1. The predicted octanol–water partition coefficient (Wildman–Crippen LogP) is -0.0849. The summed E-state index contributed by atoms with van der Waals surface area (Å²) in [6, 6.07) is 0. The maximum atomic E-state index is 10.8. The Bertz CT molecular complexity index is 332. The normalized spacial score (nSPS) is 9.08. The molecule has 0 atom stereocenters. The van der Waals surface area contributed by atoms with Crippen molar-refractivity contribution in [1.82, 2.24) is 9.97 Å². The lowest BCUT2D eigenvalue weighted by Crippen LogP contribution is -2.16. The lowest BCUT2D eigenvalue weighted by atomic mass is 10.6. The quantitative estimate of drug-likeness (QED) is 0.596. The first-order chi connectivity index (χ1) is 5.74. The number of carbonyl (C=O) groups excluding carboxylic acids is 1. The van der Waals surface area contributed by atoms with E-state index in [0.717, 1.165) is 13.3 Å². The van der Waals surface area contributed by atoms with E-state index in [2.05, 4.69) is 19.4 Å². The number of hydrogen-bond acceptors (Lipinski definition) is 5. The molecule has 0 aliphatic heterocycles. The minimum absolute atomic E-state index is 0.190. The Morgan fingerprint density at radius 2 is 2.42 bits per heavy atom. The van der Waals surface area contributed by atoms with Gasteiger partial charge in [-0.2, -0.15) is 0 Å². The number of H-pyrrole nitrogens is 1. The van der Waals surface area contributed by atoms with Crippen molar-refractivity contribution in [3.63, 3.8) is 0 Å². The van der Waals surface area contributed by atoms with E-state index >= 15 is 0 Å². The van der Waals surface area contributed by atoms with Crippen molar-refractivity contribution in [2.45, 2.75) is 0 Å². The van der Waals surface area contributed by atoms with E-state index in [0.29, 0.717) is 0 Å². The molecule has 0 saturated carbocycles. The third kappa shape index (κ3) is 1.82. The highest BCUT2D eigenvalue weighted by atomic mass is 16.7. The van der Waals surface area contributed by atoms with Gasteiger partial charge in [-0.05, 0) is 0 Å². The highest BCUT2D eigenvalue weighted by molar-refractivity contribution is 5.63. The van der Waals surface area contributed by atoms with E-state index in [-0.39, 0.29) is 5.75 Å². The second-order valence-electron chi connectivity index (χ2n) is 1.80. The third-order valence-electron chi connectivity index (χ3n) is 1.05. The molecule has 6 heteroatoms. The number of methoxy groups -OCH3 is 1. The lowest BCUT2D eigenvalue weighted by molar-refractivity contribution is 0.120. The van der Waals surface area contributed by atoms with Crippen molar-refractivity contribution in [3.8, 4) is 5.75 Å². The van der Waals surface area contributed by atoms with Crippen molar-refractivity contribution in [1.29, 1.82) is 0 Å². The van der Waals surface area contributed by atoms with E-state index in [1.54, 1.807) is 0 Å². The molecular formula is C6H6N2O4. The number of aromatic nitrogens is 2. The molecule has 1 N–H and O–H groups in total. The van der Waals surface area contributed by atoms with Crippen molar-refractivity contribution in [2.24, 2.45) is 0 Å². The zero-order chi connectivity index (χ0) is 8.97. The molecule has 12 heavy (non-hydrogen) atoms. The van der Waals surface area contributed by atoms with Crippen molar-refractivity contribution in [3.05, 3.63) is 22.9 Å². The van der Waals surface area contributed by atoms with Crippen LogP contribution in [0.25, 0.3) is 0 Å². The smallest absolute Gasteiger partial charge is 0.437 e. The van der Waals surface area contributed by atoms with Crippen LogP contribution in [0.1, 0.15) is 0 Å². The Morgan fingerprint density at radius 1 is 1.67 bits per heavy atom. The minimum Gasteiger partial charge on any atom is -0.437 e. The molecule has 0 aliphatic carbocycles. The predicted molar refractivity (Wildman–Crippen MR) is 37.9 cm³/mol. The fraction of sp³-hybridized carbons (Fsp3) is 0.167. The first-order valence-corrected chi connectivity index (χ1v) is 3.02. The molecule has 6 nitrogen and oxygen atoms in total. The molecule has 0 saturated heterocycles. The molecule has 1 heterocycles. The number of nitrogens with one attached hydrogen (secondary N) is 1. The van der Waals surface area contributed by atoms with Crippen LogP contribution >= 0.6 is 0 Å². The topological polar surface area (TPSA) is 81.3 Å². The monoisotopic (exact) mass is 170 g/mol. The average molecular weight is 170 g/mol. The van der Waals surface area contributed by atoms with Gasteiger partial charge in [0, 0.05) is 0 Å². The van der Waals surface area contributed by atoms with Crippen molar-refractivity contribution >= 4 is 6.16 Å². The van der Waals surface area contributed by atoms with E-state index in [1.165, 1.54) is 6.33 Å². The Hall–Kier alpha value is -1.85. The van der Waals surface area contributed by atoms with Gasteiger partial charge in [-0.3, -0.25) is 4.79 Å². The Morgan fingerprint density at radius 3 is 3.00 bits per heavy atom. The van der Waals surface area contributed by atoms with Crippen LogP contribution < -0.4 is 10.3 Å². The molecule has 0 fully saturated rings. The van der Waals surface area contributed by atoms with Crippen LogP contribution in [-0.2, 0) is 4.74 Å². The van der Waals surface area contributed by atoms with Crippen LogP contribution in [0, 0.1) is 0 Å². The zero-order valence-electron chi connectivity index (χ0n) is 6.23. The SMILES string of the molecule is COC(=O)Oc1cnc[nH]c1=O. The van der Waals surface area contributed by atoms with Crippen LogP contribution in [0.3, 0.4) is 0 Å². The summed E-state index contributed by atoms with van der Waals surface area (Å²) >= 11 is 0. The number of rotatable bonds is 1. The Kier molecular flexibility index (Phi) is 2.42. The summed E-state index contributed by atoms with van der Waals surface area (Å²) < 4.78 is 8.59. The van der Waals surface area contributed by atoms with Gasteiger partial charge in [0.25, 0.3) is 5.56 Å². The van der Waals surface area contributed by atoms with Gasteiger partial charge < -0.3 is 14.5 Å². The molecular weight excluding hydrogens is 164 g/mol. The van der Waals surface area contributed by atoms with E-state index in [9.17, 15) is 9.59 Å². The summed E-state index contributed by atoms with van der Waals surface area (Å²) in [6.45, 7) is 0. The summed E-state index contributed by atoms with van der Waals surface area (Å²) in [5.74, 6) is -0.190. The largest absolute Gasteiger partial charge is 0.513 e. The molecule has 0 bridgehead atoms. The van der Waals surface area contributed by atoms with Gasteiger partial charge in [-0.1, -0.05) is 0 Å². The maximum absolute atomic E-state index is 10.8. The standard InChI is InChI=1S/C6H6N2O4/c1-11-6(10)12-4-2-7-3-8-5(4)9/h2-3H,1H3,(H,7,8,9). The molecule has 1 aromatic rings. The van der Waals surface area contributed by atoms with Crippen LogP contribution in [0.15, 0.2) is 17.3 Å². The minimum atomic E-state index is -0.950. The first-order valence-electron chi connectivity index (χ1n) is 3.02. The van der Waals surface area contributed by atoms with Crippen molar-refractivity contribution < 1.29 is 14.3 Å². The zero-order valence-corrected chi connectivity index (χ0v) is 6.23. The third-order valence-corrected chi connectivity index (χ3v) is 1.05. The number of carbonyl (C=O) groups is 1. The summed E-state index contributed by atoms with van der Waals surface area (Å²) in [4.78, 5) is 27.1. The van der Waals surface area contributed by atoms with Gasteiger partial charge in [-0.15, -0.1) is 0 Å². The second-order valence-corrected chi connectivity index (χ2v) is 1.80. The average Bonchev–Trinajstić information content (AvgIpc) is 2.09. The van der Waals surface area contributed by atoms with Crippen LogP contribution in [0.2, 0.25) is 0 Å².